The second kappa shape index (κ2) is 19.5. The molecule has 58 heavy (non-hydrogen) atoms. The number of rotatable bonds is 16. The summed E-state index contributed by atoms with van der Waals surface area (Å²) < 4.78 is 42.7. The molecule has 0 aliphatic heterocycles. The topological polar surface area (TPSA) is 210 Å². The summed E-state index contributed by atoms with van der Waals surface area (Å²) >= 11 is 0. The van der Waals surface area contributed by atoms with Crippen LogP contribution < -0.4 is 0 Å². The Kier molecular flexibility index (Phi) is 14.9. The highest BCUT2D eigenvalue weighted by molar-refractivity contribution is 6.28. The highest BCUT2D eigenvalue weighted by Gasteiger charge is 2.38. The third-order valence-electron chi connectivity index (χ3n) is 8.53. The molecule has 308 valence electrons. The fourth-order valence-corrected chi connectivity index (χ4v) is 6.51. The second-order valence-electron chi connectivity index (χ2n) is 11.9. The highest BCUT2D eigenvalue weighted by atomic mass is 16.6. The SMILES string of the molecule is CCOC(=O)c1c(C(=O)OCC)c(C(=O)OCC)c2cc3cc4c(C(=O)OCC)c(C(=O)OCC)c(C(=O)OCC)c(C(=O)OCC)c4cc3cc2c1C(=O)OCC. The zero-order valence-electron chi connectivity index (χ0n) is 33.5. The summed E-state index contributed by atoms with van der Waals surface area (Å²) in [6, 6.07) is 5.55. The van der Waals surface area contributed by atoms with E-state index in [1.807, 2.05) is 0 Å². The van der Waals surface area contributed by atoms with E-state index in [-0.39, 0.29) is 85.2 Å². The molecule has 0 aliphatic carbocycles. The van der Waals surface area contributed by atoms with Crippen LogP contribution in [0.4, 0.5) is 0 Å². The molecular formula is C42H44O16. The summed E-state index contributed by atoms with van der Waals surface area (Å²) in [5, 5.41) is 0.0854. The number of benzene rings is 4. The molecule has 0 unspecified atom stereocenters. The van der Waals surface area contributed by atoms with Crippen LogP contribution in [0, 0.1) is 0 Å². The minimum Gasteiger partial charge on any atom is -0.462 e. The highest BCUT2D eigenvalue weighted by Crippen LogP contribution is 2.40. The monoisotopic (exact) mass is 804 g/mol. The van der Waals surface area contributed by atoms with Gasteiger partial charge < -0.3 is 37.9 Å². The van der Waals surface area contributed by atoms with Gasteiger partial charge in [-0.05, 0) is 112 Å². The lowest BCUT2D eigenvalue weighted by molar-refractivity contribution is 0.0446. The van der Waals surface area contributed by atoms with Crippen molar-refractivity contribution in [2.75, 3.05) is 52.9 Å². The summed E-state index contributed by atoms with van der Waals surface area (Å²) in [7, 11) is 0. The fourth-order valence-electron chi connectivity index (χ4n) is 6.51. The van der Waals surface area contributed by atoms with E-state index < -0.39 is 92.3 Å². The van der Waals surface area contributed by atoms with Gasteiger partial charge in [-0.2, -0.15) is 0 Å². The Morgan fingerprint density at radius 3 is 0.552 bits per heavy atom. The molecular weight excluding hydrogens is 760 g/mol. The smallest absolute Gasteiger partial charge is 0.339 e. The lowest BCUT2D eigenvalue weighted by Crippen LogP contribution is -2.25. The molecule has 0 spiro atoms. The van der Waals surface area contributed by atoms with E-state index in [0.717, 1.165) is 0 Å². The largest absolute Gasteiger partial charge is 0.462 e. The van der Waals surface area contributed by atoms with Crippen molar-refractivity contribution in [1.29, 1.82) is 0 Å². The summed E-state index contributed by atoms with van der Waals surface area (Å²) in [5.74, 6) is -8.81. The van der Waals surface area contributed by atoms with Crippen molar-refractivity contribution < 1.29 is 76.3 Å². The van der Waals surface area contributed by atoms with Gasteiger partial charge in [0.2, 0.25) is 0 Å². The maximum atomic E-state index is 13.9. The van der Waals surface area contributed by atoms with Gasteiger partial charge in [-0.1, -0.05) is 0 Å². The molecule has 4 aromatic rings. The number of hydrogen-bond donors (Lipinski definition) is 0. The lowest BCUT2D eigenvalue weighted by Gasteiger charge is -2.21. The van der Waals surface area contributed by atoms with Crippen LogP contribution in [0.5, 0.6) is 0 Å². The molecule has 0 heterocycles. The Labute approximate surface area is 332 Å². The third kappa shape index (κ3) is 8.40. The first-order valence-corrected chi connectivity index (χ1v) is 18.8. The Morgan fingerprint density at radius 1 is 0.276 bits per heavy atom. The molecule has 0 saturated carbocycles. The molecule has 0 saturated heterocycles. The molecule has 0 fully saturated rings. The van der Waals surface area contributed by atoms with Crippen LogP contribution in [0.25, 0.3) is 32.3 Å². The quantitative estimate of drug-likeness (QED) is 0.0667. The molecule has 0 amide bonds. The summed E-state index contributed by atoms with van der Waals surface area (Å²) in [6.07, 6.45) is 0. The molecule has 0 radical (unpaired) electrons. The molecule has 4 aromatic carbocycles. The van der Waals surface area contributed by atoms with Gasteiger partial charge in [0.25, 0.3) is 0 Å². The van der Waals surface area contributed by atoms with Gasteiger partial charge in [-0.15, -0.1) is 0 Å². The van der Waals surface area contributed by atoms with Crippen LogP contribution in [0.15, 0.2) is 24.3 Å². The number of esters is 8. The average molecular weight is 805 g/mol. The Bertz CT molecular complexity index is 2020. The van der Waals surface area contributed by atoms with Crippen molar-refractivity contribution in [2.24, 2.45) is 0 Å². The first kappa shape index (κ1) is 44.1. The Hall–Kier alpha value is -6.58. The van der Waals surface area contributed by atoms with Crippen molar-refractivity contribution in [1.82, 2.24) is 0 Å². The molecule has 0 N–H and O–H groups in total. The van der Waals surface area contributed by atoms with Crippen molar-refractivity contribution in [2.45, 2.75) is 55.4 Å². The van der Waals surface area contributed by atoms with Crippen LogP contribution >= 0.6 is 0 Å². The van der Waals surface area contributed by atoms with Gasteiger partial charge in [0.15, 0.2) is 0 Å². The van der Waals surface area contributed by atoms with Crippen molar-refractivity contribution in [3.05, 3.63) is 68.8 Å². The van der Waals surface area contributed by atoms with Crippen LogP contribution in [0.2, 0.25) is 0 Å². The maximum Gasteiger partial charge on any atom is 0.339 e. The van der Waals surface area contributed by atoms with Crippen molar-refractivity contribution in [3.8, 4) is 0 Å². The number of fused-ring (bicyclic) bond motifs is 3. The van der Waals surface area contributed by atoms with Gasteiger partial charge >= 0.3 is 47.8 Å². The molecule has 0 bridgehead atoms. The zero-order chi connectivity index (χ0) is 42.8. The Morgan fingerprint density at radius 2 is 0.414 bits per heavy atom. The van der Waals surface area contributed by atoms with Crippen molar-refractivity contribution >= 4 is 80.1 Å². The summed E-state index contributed by atoms with van der Waals surface area (Å²) in [4.78, 5) is 111. The zero-order valence-corrected chi connectivity index (χ0v) is 33.5. The second-order valence-corrected chi connectivity index (χ2v) is 11.9. The normalized spacial score (nSPS) is 10.8. The van der Waals surface area contributed by atoms with Crippen LogP contribution in [0.3, 0.4) is 0 Å². The van der Waals surface area contributed by atoms with Crippen LogP contribution in [-0.2, 0) is 37.9 Å². The minimum absolute atomic E-state index is 0.0819. The van der Waals surface area contributed by atoms with Gasteiger partial charge in [0.05, 0.1) is 97.4 Å². The number of carbonyl (C=O) groups excluding carboxylic acids is 8. The average Bonchev–Trinajstić information content (AvgIpc) is 3.18. The van der Waals surface area contributed by atoms with Gasteiger partial charge in [-0.25, -0.2) is 38.4 Å². The number of ether oxygens (including phenoxy) is 8. The van der Waals surface area contributed by atoms with E-state index in [1.165, 1.54) is 79.7 Å². The maximum absolute atomic E-state index is 13.9. The molecule has 0 atom stereocenters. The predicted molar refractivity (Wildman–Crippen MR) is 207 cm³/mol. The number of carbonyl (C=O) groups is 8. The van der Waals surface area contributed by atoms with E-state index >= 15 is 0 Å². The fraction of sp³-hybridized carbons (Fsp3) is 0.381. The molecule has 16 nitrogen and oxygen atoms in total. The van der Waals surface area contributed by atoms with E-state index in [9.17, 15) is 38.4 Å². The molecule has 16 heteroatoms. The standard InChI is InChI=1S/C42H44O16/c1-9-51-35(43)27-23-17-21-19-25-26(20-22(21)18-24(23)28(36(44)52-10-2)32(40(48)56-14-6)31(27)39(47)55-13-5)30(38(46)54-12-4)34(42(50)58-16-8)33(41(49)57-15-7)29(25)37(45)53-11-3/h17-20H,9-16H2,1-8H3. The van der Waals surface area contributed by atoms with E-state index in [1.54, 1.807) is 0 Å². The van der Waals surface area contributed by atoms with E-state index in [2.05, 4.69) is 0 Å². The third-order valence-corrected chi connectivity index (χ3v) is 8.53. The molecule has 4 rings (SSSR count). The minimum atomic E-state index is -1.14. The first-order valence-electron chi connectivity index (χ1n) is 18.8. The van der Waals surface area contributed by atoms with Crippen molar-refractivity contribution in [3.63, 3.8) is 0 Å². The molecule has 0 aliphatic rings. The summed E-state index contributed by atoms with van der Waals surface area (Å²) in [6.45, 7) is 10.7. The predicted octanol–water partition coefficient (Wildman–Crippen LogP) is 6.56. The van der Waals surface area contributed by atoms with Gasteiger partial charge in [0.1, 0.15) is 0 Å². The van der Waals surface area contributed by atoms with Crippen LogP contribution in [-0.4, -0.2) is 101 Å². The lowest BCUT2D eigenvalue weighted by atomic mass is 9.84. The van der Waals surface area contributed by atoms with Gasteiger partial charge in [-0.3, -0.25) is 0 Å². The van der Waals surface area contributed by atoms with E-state index in [4.69, 9.17) is 37.9 Å². The first-order chi connectivity index (χ1) is 27.8. The molecule has 0 aromatic heterocycles. The van der Waals surface area contributed by atoms with E-state index in [0.29, 0.717) is 0 Å². The Balaban J connectivity index is 2.48. The number of hydrogen-bond acceptors (Lipinski definition) is 16. The van der Waals surface area contributed by atoms with Crippen LogP contribution in [0.1, 0.15) is 138 Å². The summed E-state index contributed by atoms with van der Waals surface area (Å²) in [5.41, 5.74) is -4.26. The van der Waals surface area contributed by atoms with Gasteiger partial charge in [0, 0.05) is 0 Å².